The molecule has 0 aliphatic rings. The van der Waals surface area contributed by atoms with Crippen molar-refractivity contribution in [2.75, 3.05) is 0 Å². The van der Waals surface area contributed by atoms with E-state index in [1.807, 2.05) is 36.0 Å². The standard InChI is InChI=1S/C21H19N7OS/c1-12(5-7-22)9-16-26-20-18(30-16)15-10-24-28(21(29)17(15)27(20)2)11-14-4-3-13-6-8-23-19(13)25-14/h3-8,10H,1,9,11,22H2,2H3,(H,23,25)/b7-5-. The molecule has 5 aromatic heterocycles. The number of thiazole rings is 1. The van der Waals surface area contributed by atoms with Gasteiger partial charge in [-0.15, -0.1) is 11.3 Å². The number of rotatable bonds is 5. The summed E-state index contributed by atoms with van der Waals surface area (Å²) in [5.41, 5.74) is 9.08. The first-order valence-electron chi connectivity index (χ1n) is 9.38. The largest absolute Gasteiger partial charge is 0.405 e. The molecule has 0 fully saturated rings. The van der Waals surface area contributed by atoms with E-state index in [9.17, 15) is 4.79 Å². The molecule has 9 heteroatoms. The second kappa shape index (κ2) is 6.96. The van der Waals surface area contributed by atoms with Crippen molar-refractivity contribution in [3.05, 3.63) is 76.1 Å². The molecule has 150 valence electrons. The van der Waals surface area contributed by atoms with Crippen molar-refractivity contribution in [1.82, 2.24) is 29.3 Å². The molecule has 0 spiro atoms. The first-order chi connectivity index (χ1) is 14.5. The summed E-state index contributed by atoms with van der Waals surface area (Å²) in [5.74, 6) is 0. The van der Waals surface area contributed by atoms with Gasteiger partial charge in [-0.3, -0.25) is 4.79 Å². The Kier molecular flexibility index (Phi) is 4.25. The van der Waals surface area contributed by atoms with Gasteiger partial charge in [-0.2, -0.15) is 5.10 Å². The SMILES string of the molecule is C=C(/C=C\N)Cc1nc2c(s1)c1cnn(Cc3ccc4cc[nH]c4n3)c(=O)c1n2C. The number of hydrogen-bond donors (Lipinski definition) is 2. The molecule has 5 rings (SSSR count). The van der Waals surface area contributed by atoms with Gasteiger partial charge in [0.05, 0.1) is 23.1 Å². The minimum atomic E-state index is -0.161. The number of nitrogens with two attached hydrogens (primary N) is 1. The lowest BCUT2D eigenvalue weighted by atomic mass is 10.2. The van der Waals surface area contributed by atoms with Gasteiger partial charge in [0.2, 0.25) is 0 Å². The van der Waals surface area contributed by atoms with E-state index in [1.54, 1.807) is 23.6 Å². The predicted octanol–water partition coefficient (Wildman–Crippen LogP) is 2.84. The van der Waals surface area contributed by atoms with Crippen LogP contribution in [0, 0.1) is 0 Å². The molecule has 0 aliphatic heterocycles. The third-order valence-electron chi connectivity index (χ3n) is 5.06. The number of aryl methyl sites for hydroxylation is 1. The number of nitrogens with zero attached hydrogens (tertiary/aromatic N) is 5. The molecule has 0 unspecified atom stereocenters. The average molecular weight is 417 g/mol. The normalized spacial score (nSPS) is 12.0. The highest BCUT2D eigenvalue weighted by Crippen LogP contribution is 2.31. The summed E-state index contributed by atoms with van der Waals surface area (Å²) in [6.45, 7) is 4.28. The Balaban J connectivity index is 1.55. The zero-order valence-electron chi connectivity index (χ0n) is 16.3. The maximum atomic E-state index is 13.2. The number of allylic oxidation sites excluding steroid dienone is 2. The Morgan fingerprint density at radius 3 is 3.03 bits per heavy atom. The van der Waals surface area contributed by atoms with Gasteiger partial charge in [0.25, 0.3) is 5.56 Å². The van der Waals surface area contributed by atoms with Gasteiger partial charge < -0.3 is 15.3 Å². The van der Waals surface area contributed by atoms with Crippen molar-refractivity contribution in [3.63, 3.8) is 0 Å². The molecule has 0 amide bonds. The molecule has 5 heterocycles. The fraction of sp³-hybridized carbons (Fsp3) is 0.143. The number of hydrogen-bond acceptors (Lipinski definition) is 6. The molecule has 3 N–H and O–H groups in total. The molecule has 0 radical (unpaired) electrons. The lowest BCUT2D eigenvalue weighted by Crippen LogP contribution is -2.25. The van der Waals surface area contributed by atoms with E-state index >= 15 is 0 Å². The van der Waals surface area contributed by atoms with Crippen molar-refractivity contribution in [3.8, 4) is 0 Å². The summed E-state index contributed by atoms with van der Waals surface area (Å²) in [7, 11) is 1.86. The van der Waals surface area contributed by atoms with Crippen molar-refractivity contribution in [2.24, 2.45) is 12.8 Å². The lowest BCUT2D eigenvalue weighted by molar-refractivity contribution is 0.634. The quantitative estimate of drug-likeness (QED) is 0.428. The average Bonchev–Trinajstić information content (AvgIpc) is 3.40. The molecular weight excluding hydrogens is 398 g/mol. The molecule has 5 aromatic rings. The van der Waals surface area contributed by atoms with E-state index < -0.39 is 0 Å². The lowest BCUT2D eigenvalue weighted by Gasteiger charge is -2.05. The molecule has 0 aromatic carbocycles. The number of aromatic amines is 1. The van der Waals surface area contributed by atoms with Crippen LogP contribution in [-0.4, -0.2) is 29.3 Å². The molecule has 0 aliphatic carbocycles. The Bertz CT molecular complexity index is 1520. The molecule has 30 heavy (non-hydrogen) atoms. The Morgan fingerprint density at radius 2 is 2.20 bits per heavy atom. The van der Waals surface area contributed by atoms with Gasteiger partial charge in [-0.05, 0) is 36.0 Å². The number of H-pyrrole nitrogens is 1. The van der Waals surface area contributed by atoms with Crippen LogP contribution in [0.5, 0.6) is 0 Å². The highest BCUT2D eigenvalue weighted by molar-refractivity contribution is 7.19. The Morgan fingerprint density at radius 1 is 1.33 bits per heavy atom. The van der Waals surface area contributed by atoms with Crippen LogP contribution in [0.4, 0.5) is 0 Å². The highest BCUT2D eigenvalue weighted by atomic mass is 32.1. The molecule has 8 nitrogen and oxygen atoms in total. The summed E-state index contributed by atoms with van der Waals surface area (Å²) in [6.07, 6.45) is 7.44. The summed E-state index contributed by atoms with van der Waals surface area (Å²) in [6, 6.07) is 5.85. The third kappa shape index (κ3) is 2.91. The van der Waals surface area contributed by atoms with Gasteiger partial charge in [0.1, 0.15) is 16.2 Å². The first-order valence-corrected chi connectivity index (χ1v) is 10.2. The van der Waals surface area contributed by atoms with E-state index in [2.05, 4.69) is 21.6 Å². The van der Waals surface area contributed by atoms with Crippen LogP contribution in [0.15, 0.2) is 59.8 Å². The van der Waals surface area contributed by atoms with Crippen LogP contribution in [0.25, 0.3) is 32.3 Å². The van der Waals surface area contributed by atoms with Gasteiger partial charge in [-0.1, -0.05) is 6.58 Å². The first kappa shape index (κ1) is 18.3. The van der Waals surface area contributed by atoms with E-state index in [0.717, 1.165) is 43.0 Å². The zero-order valence-corrected chi connectivity index (χ0v) is 17.1. The minimum absolute atomic E-state index is 0.161. The highest BCUT2D eigenvalue weighted by Gasteiger charge is 2.18. The van der Waals surface area contributed by atoms with Crippen LogP contribution in [0.1, 0.15) is 10.7 Å². The van der Waals surface area contributed by atoms with Crippen LogP contribution < -0.4 is 11.3 Å². The Labute approximate surface area is 175 Å². The van der Waals surface area contributed by atoms with E-state index in [-0.39, 0.29) is 5.56 Å². The second-order valence-corrected chi connectivity index (χ2v) is 8.18. The number of pyridine rings is 1. The number of nitrogens with one attached hydrogen (secondary N) is 1. The van der Waals surface area contributed by atoms with Crippen LogP contribution >= 0.6 is 11.3 Å². The van der Waals surface area contributed by atoms with Gasteiger partial charge >= 0.3 is 0 Å². The predicted molar refractivity (Wildman–Crippen MR) is 120 cm³/mol. The van der Waals surface area contributed by atoms with Gasteiger partial charge in [0, 0.05) is 30.4 Å². The fourth-order valence-electron chi connectivity index (χ4n) is 3.62. The van der Waals surface area contributed by atoms with Crippen LogP contribution in [-0.2, 0) is 20.0 Å². The van der Waals surface area contributed by atoms with Crippen molar-refractivity contribution >= 4 is 43.6 Å². The minimum Gasteiger partial charge on any atom is -0.405 e. The van der Waals surface area contributed by atoms with Crippen LogP contribution in [0.3, 0.4) is 0 Å². The molecule has 0 bridgehead atoms. The summed E-state index contributed by atoms with van der Waals surface area (Å²) in [4.78, 5) is 25.5. The topological polar surface area (TPSA) is 107 Å². The Hall–Kier alpha value is -3.72. The van der Waals surface area contributed by atoms with Gasteiger partial charge in [-0.25, -0.2) is 14.6 Å². The molecule has 0 saturated heterocycles. The number of aromatic nitrogens is 6. The van der Waals surface area contributed by atoms with Crippen LogP contribution in [0.2, 0.25) is 0 Å². The summed E-state index contributed by atoms with van der Waals surface area (Å²) < 4.78 is 4.24. The molecule has 0 atom stereocenters. The summed E-state index contributed by atoms with van der Waals surface area (Å²) >= 11 is 1.55. The van der Waals surface area contributed by atoms with Crippen molar-refractivity contribution < 1.29 is 0 Å². The van der Waals surface area contributed by atoms with E-state index in [4.69, 9.17) is 10.7 Å². The zero-order chi connectivity index (χ0) is 20.8. The third-order valence-corrected chi connectivity index (χ3v) is 6.14. The maximum Gasteiger partial charge on any atom is 0.291 e. The number of fused-ring (bicyclic) bond motifs is 4. The maximum absolute atomic E-state index is 13.2. The fourth-order valence-corrected chi connectivity index (χ4v) is 4.78. The monoisotopic (exact) mass is 417 g/mol. The van der Waals surface area contributed by atoms with Crippen molar-refractivity contribution in [1.29, 1.82) is 0 Å². The van der Waals surface area contributed by atoms with E-state index in [0.29, 0.717) is 18.5 Å². The van der Waals surface area contributed by atoms with Crippen molar-refractivity contribution in [2.45, 2.75) is 13.0 Å². The molecule has 0 saturated carbocycles. The van der Waals surface area contributed by atoms with E-state index in [1.165, 1.54) is 10.9 Å². The van der Waals surface area contributed by atoms with Gasteiger partial charge in [0.15, 0.2) is 5.65 Å². The second-order valence-electron chi connectivity index (χ2n) is 7.10. The smallest absolute Gasteiger partial charge is 0.291 e. The molecular formula is C21H19N7OS. The summed E-state index contributed by atoms with van der Waals surface area (Å²) in [5, 5.41) is 7.17.